The molecule has 0 aromatic heterocycles. The van der Waals surface area contributed by atoms with Crippen LogP contribution in [-0.4, -0.2) is 67.4 Å². The number of benzene rings is 1. The molecule has 1 aromatic carbocycles. The van der Waals surface area contributed by atoms with Crippen LogP contribution >= 0.6 is 0 Å². The summed E-state index contributed by atoms with van der Waals surface area (Å²) in [5.74, 6) is 0.188. The van der Waals surface area contributed by atoms with E-state index in [0.29, 0.717) is 6.92 Å². The lowest BCUT2D eigenvalue weighted by Gasteiger charge is -2.44. The van der Waals surface area contributed by atoms with Gasteiger partial charge in [-0.3, -0.25) is 4.90 Å². The first kappa shape index (κ1) is 36.2. The van der Waals surface area contributed by atoms with Gasteiger partial charge in [-0.1, -0.05) is 69.2 Å². The van der Waals surface area contributed by atoms with Crippen LogP contribution in [0.5, 0.6) is 5.75 Å². The lowest BCUT2D eigenvalue weighted by molar-refractivity contribution is -0.158. The van der Waals surface area contributed by atoms with Crippen LogP contribution in [0.15, 0.2) is 48.1 Å². The Morgan fingerprint density at radius 1 is 1.08 bits per heavy atom. The summed E-state index contributed by atoms with van der Waals surface area (Å²) in [7, 11) is 0. The summed E-state index contributed by atoms with van der Waals surface area (Å²) in [6, 6.07) is 8.12. The van der Waals surface area contributed by atoms with Gasteiger partial charge in [0.05, 0.1) is 13.2 Å². The van der Waals surface area contributed by atoms with Crippen LogP contribution in [0, 0.1) is 6.92 Å². The van der Waals surface area contributed by atoms with Gasteiger partial charge < -0.3 is 14.4 Å². The molecule has 2 fully saturated rings. The van der Waals surface area contributed by atoms with Gasteiger partial charge in [0.2, 0.25) is 0 Å². The zero-order valence-corrected chi connectivity index (χ0v) is 25.8. The first-order chi connectivity index (χ1) is 17.9. The van der Waals surface area contributed by atoms with Crippen LogP contribution in [0.25, 0.3) is 0 Å². The van der Waals surface area contributed by atoms with Gasteiger partial charge in [-0.05, 0) is 78.6 Å². The van der Waals surface area contributed by atoms with E-state index < -0.39 is 6.11 Å². The molecule has 0 N–H and O–H groups in total. The Labute approximate surface area is 233 Å². The van der Waals surface area contributed by atoms with Crippen molar-refractivity contribution in [1.29, 1.82) is 0 Å². The standard InChI is InChI=1S/C14H28N2O.C9H10F2O.C7H12.C2H6/c1-3-6-15-7-5-14(12-13(15)4-2)16-8-10-17-11-9-16;1-7-3-5-8(6-4-7)12-9(2,10)11;1-6(2)5-7(3)4;1-2/h13-14H,3-12H2,1-2H3;3-6H,1-2H3;5H,1H2,2-4H3;1-2H3. The Morgan fingerprint density at radius 2 is 1.66 bits per heavy atom. The number of ether oxygens (including phenoxy) is 2. The topological polar surface area (TPSA) is 24.9 Å². The molecule has 38 heavy (non-hydrogen) atoms. The van der Waals surface area contributed by atoms with E-state index in [1.807, 2.05) is 27.7 Å². The lowest BCUT2D eigenvalue weighted by Crippen LogP contribution is -2.52. The third-order valence-electron chi connectivity index (χ3n) is 6.21. The molecule has 2 atom stereocenters. The van der Waals surface area contributed by atoms with Gasteiger partial charge in [-0.25, -0.2) is 0 Å². The van der Waals surface area contributed by atoms with Gasteiger partial charge in [0.15, 0.2) is 0 Å². The highest BCUT2D eigenvalue weighted by Gasteiger charge is 2.30. The Kier molecular flexibility index (Phi) is 19.3. The van der Waals surface area contributed by atoms with Crippen molar-refractivity contribution in [2.45, 2.75) is 106 Å². The molecule has 2 saturated heterocycles. The third kappa shape index (κ3) is 17.0. The quantitative estimate of drug-likeness (QED) is 0.325. The summed E-state index contributed by atoms with van der Waals surface area (Å²) in [5, 5.41) is 0. The molecule has 2 aliphatic heterocycles. The fourth-order valence-electron chi connectivity index (χ4n) is 4.67. The second-order valence-corrected chi connectivity index (χ2v) is 10.2. The number of aryl methyl sites for hydroxylation is 1. The molecular weight excluding hydrogens is 482 g/mol. The number of rotatable bonds is 7. The van der Waals surface area contributed by atoms with E-state index in [2.05, 4.69) is 54.9 Å². The summed E-state index contributed by atoms with van der Waals surface area (Å²) in [6.07, 6.45) is 4.28. The van der Waals surface area contributed by atoms with E-state index in [4.69, 9.17) is 4.74 Å². The van der Waals surface area contributed by atoms with Crippen LogP contribution < -0.4 is 4.74 Å². The van der Waals surface area contributed by atoms with Crippen molar-refractivity contribution >= 4 is 0 Å². The van der Waals surface area contributed by atoms with Gasteiger partial charge in [0.25, 0.3) is 0 Å². The molecule has 0 spiro atoms. The van der Waals surface area contributed by atoms with Crippen molar-refractivity contribution in [3.8, 4) is 5.75 Å². The van der Waals surface area contributed by atoms with E-state index in [9.17, 15) is 8.78 Å². The maximum atomic E-state index is 12.3. The highest BCUT2D eigenvalue weighted by molar-refractivity contribution is 5.26. The first-order valence-electron chi connectivity index (χ1n) is 14.4. The summed E-state index contributed by atoms with van der Waals surface area (Å²) in [4.78, 5) is 5.37. The molecule has 4 nitrogen and oxygen atoms in total. The Bertz CT molecular complexity index is 765. The smallest absolute Gasteiger partial charge is 0.394 e. The fourth-order valence-corrected chi connectivity index (χ4v) is 4.67. The van der Waals surface area contributed by atoms with Crippen molar-refractivity contribution in [3.63, 3.8) is 0 Å². The number of halogens is 2. The summed E-state index contributed by atoms with van der Waals surface area (Å²) < 4.78 is 34.3. The molecular formula is C32H56F2N2O2. The van der Waals surface area contributed by atoms with Crippen LogP contribution in [0.4, 0.5) is 8.78 Å². The number of piperidine rings is 1. The average Bonchev–Trinajstić information content (AvgIpc) is 2.87. The number of morpholine rings is 1. The summed E-state index contributed by atoms with van der Waals surface area (Å²) in [5.41, 5.74) is 3.45. The van der Waals surface area contributed by atoms with Crippen molar-refractivity contribution in [1.82, 2.24) is 9.80 Å². The van der Waals surface area contributed by atoms with E-state index in [0.717, 1.165) is 49.5 Å². The van der Waals surface area contributed by atoms with Gasteiger partial charge in [-0.2, -0.15) is 8.78 Å². The maximum absolute atomic E-state index is 12.3. The number of hydrogen-bond acceptors (Lipinski definition) is 4. The minimum Gasteiger partial charge on any atom is -0.433 e. The number of alkyl halides is 2. The maximum Gasteiger partial charge on any atom is 0.394 e. The number of nitrogens with zero attached hydrogens (tertiary/aromatic N) is 2. The zero-order valence-electron chi connectivity index (χ0n) is 25.8. The van der Waals surface area contributed by atoms with Crippen molar-refractivity contribution in [2.24, 2.45) is 0 Å². The third-order valence-corrected chi connectivity index (χ3v) is 6.21. The molecule has 0 radical (unpaired) electrons. The van der Waals surface area contributed by atoms with Crippen molar-refractivity contribution < 1.29 is 18.3 Å². The second kappa shape index (κ2) is 20.2. The molecule has 2 aliphatic rings. The molecule has 6 heteroatoms. The molecule has 0 aliphatic carbocycles. The van der Waals surface area contributed by atoms with Gasteiger partial charge in [0.1, 0.15) is 5.75 Å². The predicted molar refractivity (Wildman–Crippen MR) is 159 cm³/mol. The Hall–Kier alpha value is -1.76. The highest BCUT2D eigenvalue weighted by Crippen LogP contribution is 2.25. The normalized spacial score (nSPS) is 19.9. The van der Waals surface area contributed by atoms with Crippen LogP contribution in [0.2, 0.25) is 0 Å². The van der Waals surface area contributed by atoms with E-state index >= 15 is 0 Å². The summed E-state index contributed by atoms with van der Waals surface area (Å²) in [6.45, 7) is 27.8. The van der Waals surface area contributed by atoms with Crippen LogP contribution in [-0.2, 0) is 4.74 Å². The van der Waals surface area contributed by atoms with E-state index in [1.54, 1.807) is 12.1 Å². The van der Waals surface area contributed by atoms with Crippen molar-refractivity contribution in [3.05, 3.63) is 53.6 Å². The SMILES string of the molecule is C=C(C)C=C(C)C.CC.CCCN1CCC(N2CCOCC2)CC1CC.Cc1ccc(OC(C)(F)F)cc1. The van der Waals surface area contributed by atoms with Gasteiger partial charge in [0, 0.05) is 32.1 Å². The van der Waals surface area contributed by atoms with E-state index in [-0.39, 0.29) is 5.75 Å². The van der Waals surface area contributed by atoms with Crippen molar-refractivity contribution in [2.75, 3.05) is 39.4 Å². The highest BCUT2D eigenvalue weighted by atomic mass is 19.3. The molecule has 3 rings (SSSR count). The largest absolute Gasteiger partial charge is 0.433 e. The lowest BCUT2D eigenvalue weighted by atomic mass is 9.93. The molecule has 0 saturated carbocycles. The molecule has 1 aromatic rings. The Balaban J connectivity index is 0.000000570. The number of hydrogen-bond donors (Lipinski definition) is 0. The predicted octanol–water partition coefficient (Wildman–Crippen LogP) is 8.51. The molecule has 0 amide bonds. The van der Waals surface area contributed by atoms with E-state index in [1.165, 1.54) is 56.5 Å². The molecule has 220 valence electrons. The van der Waals surface area contributed by atoms with Crippen LogP contribution in [0.3, 0.4) is 0 Å². The number of likely N-dealkylation sites (tertiary alicyclic amines) is 1. The fraction of sp³-hybridized carbons (Fsp3) is 0.688. The minimum absolute atomic E-state index is 0.188. The van der Waals surface area contributed by atoms with Gasteiger partial charge in [-0.15, -0.1) is 0 Å². The monoisotopic (exact) mass is 538 g/mol. The Morgan fingerprint density at radius 3 is 2.08 bits per heavy atom. The average molecular weight is 539 g/mol. The van der Waals surface area contributed by atoms with Gasteiger partial charge >= 0.3 is 6.11 Å². The summed E-state index contributed by atoms with van der Waals surface area (Å²) >= 11 is 0. The molecule has 2 unspecified atom stereocenters. The molecule has 2 heterocycles. The second-order valence-electron chi connectivity index (χ2n) is 10.2. The van der Waals surface area contributed by atoms with Crippen LogP contribution in [0.1, 0.15) is 86.6 Å². The zero-order chi connectivity index (χ0) is 29.1. The molecule has 0 bridgehead atoms. The first-order valence-corrected chi connectivity index (χ1v) is 14.4. The number of allylic oxidation sites excluding steroid dienone is 3. The minimum atomic E-state index is -3.10.